The highest BCUT2D eigenvalue weighted by Crippen LogP contribution is 2.23. The Kier molecular flexibility index (Phi) is 5.83. The zero-order chi connectivity index (χ0) is 16.1. The lowest BCUT2D eigenvalue weighted by atomic mass is 10.1. The number of nitrogens with zero attached hydrogens (tertiary/aromatic N) is 2. The zero-order valence-electron chi connectivity index (χ0n) is 12.4. The van der Waals surface area contributed by atoms with Gasteiger partial charge in [0, 0.05) is 13.2 Å². The fraction of sp³-hybridized carbons (Fsp3) is 0.333. The topological polar surface area (TPSA) is 56.1 Å². The molecule has 2 aromatic rings. The number of imidazole rings is 1. The molecule has 0 fully saturated rings. The number of aryl methyl sites for hydroxylation is 1. The molecule has 0 saturated carbocycles. The number of carbonyl (C=O) groups is 1. The summed E-state index contributed by atoms with van der Waals surface area (Å²) in [5.74, 6) is -0.218. The lowest BCUT2D eigenvalue weighted by Crippen LogP contribution is -2.26. The van der Waals surface area contributed by atoms with Gasteiger partial charge in [-0.3, -0.25) is 9.36 Å². The average Bonchev–Trinajstić information content (AvgIpc) is 2.80. The van der Waals surface area contributed by atoms with Crippen molar-refractivity contribution in [3.63, 3.8) is 0 Å². The molecule has 0 aliphatic carbocycles. The highest BCUT2D eigenvalue weighted by atomic mass is 35.5. The van der Waals surface area contributed by atoms with E-state index in [1.54, 1.807) is 0 Å². The molecule has 5 nitrogen and oxygen atoms in total. The number of carbonyl (C=O) groups excluding carboxylic acids is 1. The molecule has 118 valence electrons. The van der Waals surface area contributed by atoms with Gasteiger partial charge in [0.15, 0.2) is 5.15 Å². The van der Waals surface area contributed by atoms with Crippen LogP contribution in [-0.2, 0) is 18.0 Å². The van der Waals surface area contributed by atoms with Gasteiger partial charge < -0.3 is 10.1 Å². The van der Waals surface area contributed by atoms with E-state index in [4.69, 9.17) is 27.9 Å². The van der Waals surface area contributed by atoms with Gasteiger partial charge in [0.05, 0.1) is 0 Å². The van der Waals surface area contributed by atoms with Crippen LogP contribution < -0.4 is 5.32 Å². The van der Waals surface area contributed by atoms with Crippen LogP contribution in [0.2, 0.25) is 10.3 Å². The van der Waals surface area contributed by atoms with Crippen LogP contribution in [0.15, 0.2) is 24.3 Å². The Morgan fingerprint density at radius 3 is 2.64 bits per heavy atom. The van der Waals surface area contributed by atoms with Gasteiger partial charge in [0.1, 0.15) is 11.9 Å². The van der Waals surface area contributed by atoms with Crippen molar-refractivity contribution in [1.82, 2.24) is 14.9 Å². The van der Waals surface area contributed by atoms with Crippen molar-refractivity contribution < 1.29 is 9.53 Å². The van der Waals surface area contributed by atoms with E-state index in [1.165, 1.54) is 10.1 Å². The highest BCUT2D eigenvalue weighted by molar-refractivity contribution is 6.40. The molecule has 1 amide bonds. The van der Waals surface area contributed by atoms with Crippen molar-refractivity contribution in [3.05, 3.63) is 51.5 Å². The van der Waals surface area contributed by atoms with E-state index in [0.717, 1.165) is 5.56 Å². The van der Waals surface area contributed by atoms with E-state index in [2.05, 4.69) is 10.3 Å². The van der Waals surface area contributed by atoms with Gasteiger partial charge in [-0.25, -0.2) is 4.98 Å². The molecule has 22 heavy (non-hydrogen) atoms. The summed E-state index contributed by atoms with van der Waals surface area (Å²) in [6, 6.07) is 7.90. The summed E-state index contributed by atoms with van der Waals surface area (Å²) >= 11 is 11.9. The third-order valence-electron chi connectivity index (χ3n) is 3.07. The second-order valence-electron chi connectivity index (χ2n) is 4.74. The molecular weight excluding hydrogens is 325 g/mol. The van der Waals surface area contributed by atoms with E-state index in [0.29, 0.717) is 13.2 Å². The largest absolute Gasteiger partial charge is 0.361 e. The first kappa shape index (κ1) is 16.8. The quantitative estimate of drug-likeness (QED) is 0.875. The van der Waals surface area contributed by atoms with Gasteiger partial charge in [0.2, 0.25) is 5.82 Å². The van der Waals surface area contributed by atoms with Crippen LogP contribution in [0.4, 0.5) is 0 Å². The molecule has 1 N–H and O–H groups in total. The molecule has 0 atom stereocenters. The lowest BCUT2D eigenvalue weighted by molar-refractivity contribution is 0.0788. The Morgan fingerprint density at radius 1 is 1.32 bits per heavy atom. The summed E-state index contributed by atoms with van der Waals surface area (Å²) < 4.78 is 6.72. The SMILES string of the molecule is CCOCn1c(C(=O)NCc2ccc(C)cc2)nc(Cl)c1Cl. The Morgan fingerprint density at radius 2 is 2.00 bits per heavy atom. The Balaban J connectivity index is 2.08. The van der Waals surface area contributed by atoms with Gasteiger partial charge in [-0.2, -0.15) is 0 Å². The van der Waals surface area contributed by atoms with Gasteiger partial charge in [-0.15, -0.1) is 0 Å². The maximum Gasteiger partial charge on any atom is 0.287 e. The minimum Gasteiger partial charge on any atom is -0.361 e. The van der Waals surface area contributed by atoms with E-state index >= 15 is 0 Å². The number of amides is 1. The van der Waals surface area contributed by atoms with Crippen molar-refractivity contribution in [2.45, 2.75) is 27.1 Å². The second kappa shape index (κ2) is 7.63. The van der Waals surface area contributed by atoms with Crippen molar-refractivity contribution in [3.8, 4) is 0 Å². The minimum atomic E-state index is -0.353. The van der Waals surface area contributed by atoms with Crippen LogP contribution in [-0.4, -0.2) is 22.1 Å². The molecule has 0 radical (unpaired) electrons. The molecule has 0 aliphatic rings. The first-order valence-electron chi connectivity index (χ1n) is 6.86. The summed E-state index contributed by atoms with van der Waals surface area (Å²) in [5, 5.41) is 3.07. The fourth-order valence-electron chi connectivity index (χ4n) is 1.84. The first-order chi connectivity index (χ1) is 10.5. The van der Waals surface area contributed by atoms with Crippen molar-refractivity contribution in [2.24, 2.45) is 0 Å². The van der Waals surface area contributed by atoms with Crippen molar-refractivity contribution in [1.29, 1.82) is 0 Å². The molecule has 0 aliphatic heterocycles. The van der Waals surface area contributed by atoms with Crippen molar-refractivity contribution >= 4 is 29.1 Å². The van der Waals surface area contributed by atoms with Gasteiger partial charge in [-0.05, 0) is 19.4 Å². The number of rotatable bonds is 6. The Labute approximate surface area is 139 Å². The molecule has 1 aromatic carbocycles. The molecule has 0 saturated heterocycles. The van der Waals surface area contributed by atoms with Gasteiger partial charge in [0.25, 0.3) is 5.91 Å². The maximum absolute atomic E-state index is 12.3. The summed E-state index contributed by atoms with van der Waals surface area (Å²) in [5.41, 5.74) is 2.17. The third kappa shape index (κ3) is 4.00. The number of hydrogen-bond donors (Lipinski definition) is 1. The highest BCUT2D eigenvalue weighted by Gasteiger charge is 2.20. The average molecular weight is 342 g/mol. The van der Waals surface area contributed by atoms with Crippen molar-refractivity contribution in [2.75, 3.05) is 6.61 Å². The third-order valence-corrected chi connectivity index (χ3v) is 3.81. The standard InChI is InChI=1S/C15H17Cl2N3O2/c1-3-22-9-20-13(17)12(16)19-14(20)15(21)18-8-11-6-4-10(2)5-7-11/h4-7H,3,8-9H2,1-2H3,(H,18,21). The number of nitrogens with one attached hydrogen (secondary N) is 1. The summed E-state index contributed by atoms with van der Waals surface area (Å²) in [6.07, 6.45) is 0. The van der Waals surface area contributed by atoms with Crippen LogP contribution in [0.25, 0.3) is 0 Å². The molecule has 1 aromatic heterocycles. The summed E-state index contributed by atoms with van der Waals surface area (Å²) in [4.78, 5) is 16.3. The predicted octanol–water partition coefficient (Wildman–Crippen LogP) is 3.42. The number of ether oxygens (including phenoxy) is 1. The second-order valence-corrected chi connectivity index (χ2v) is 5.45. The normalized spacial score (nSPS) is 10.7. The van der Waals surface area contributed by atoms with Gasteiger partial charge >= 0.3 is 0 Å². The molecule has 0 bridgehead atoms. The predicted molar refractivity (Wildman–Crippen MR) is 86.2 cm³/mol. The number of halogens is 2. The summed E-state index contributed by atoms with van der Waals surface area (Å²) in [6.45, 7) is 4.88. The minimum absolute atomic E-state index is 0.0851. The number of hydrogen-bond acceptors (Lipinski definition) is 3. The first-order valence-corrected chi connectivity index (χ1v) is 7.61. The number of aromatic nitrogens is 2. The van der Waals surface area contributed by atoms with Crippen LogP contribution >= 0.6 is 23.2 Å². The van der Waals surface area contributed by atoms with Gasteiger partial charge in [-0.1, -0.05) is 53.0 Å². The van der Waals surface area contributed by atoms with Crippen LogP contribution in [0.5, 0.6) is 0 Å². The summed E-state index contributed by atoms with van der Waals surface area (Å²) in [7, 11) is 0. The monoisotopic (exact) mass is 341 g/mol. The lowest BCUT2D eigenvalue weighted by Gasteiger charge is -2.09. The number of benzene rings is 1. The molecule has 7 heteroatoms. The Hall–Kier alpha value is -1.56. The molecule has 1 heterocycles. The van der Waals surface area contributed by atoms with Crippen LogP contribution in [0, 0.1) is 6.92 Å². The van der Waals surface area contributed by atoms with E-state index < -0.39 is 0 Å². The smallest absolute Gasteiger partial charge is 0.287 e. The van der Waals surface area contributed by atoms with E-state index in [1.807, 2.05) is 38.1 Å². The molecular formula is C15H17Cl2N3O2. The zero-order valence-corrected chi connectivity index (χ0v) is 13.9. The van der Waals surface area contributed by atoms with Crippen LogP contribution in [0.1, 0.15) is 28.7 Å². The Bertz CT molecular complexity index is 654. The van der Waals surface area contributed by atoms with E-state index in [-0.39, 0.29) is 28.8 Å². The maximum atomic E-state index is 12.3. The molecule has 0 spiro atoms. The fourth-order valence-corrected chi connectivity index (χ4v) is 2.20. The van der Waals surface area contributed by atoms with E-state index in [9.17, 15) is 4.79 Å². The molecule has 0 unspecified atom stereocenters. The van der Waals surface area contributed by atoms with Crippen LogP contribution in [0.3, 0.4) is 0 Å². The molecule has 2 rings (SSSR count).